The highest BCUT2D eigenvalue weighted by Gasteiger charge is 2.34. The number of anilines is 1. The fourth-order valence-electron chi connectivity index (χ4n) is 3.30. The molecule has 0 aromatic carbocycles. The summed E-state index contributed by atoms with van der Waals surface area (Å²) in [6.07, 6.45) is 9.34. The van der Waals surface area contributed by atoms with Crippen LogP contribution in [0.4, 0.5) is 5.82 Å². The molecule has 22 heavy (non-hydrogen) atoms. The smallest absolute Gasteiger partial charge is 0.226 e. The Morgan fingerprint density at radius 3 is 2.82 bits per heavy atom. The molecule has 3 rings (SSSR count). The van der Waals surface area contributed by atoms with Crippen molar-refractivity contribution in [3.8, 4) is 0 Å². The quantitative estimate of drug-likeness (QED) is 0.852. The molecule has 0 radical (unpaired) electrons. The van der Waals surface area contributed by atoms with E-state index in [-0.39, 0.29) is 5.92 Å². The predicted molar refractivity (Wildman–Crippen MR) is 89.8 cm³/mol. The first-order valence-corrected chi connectivity index (χ1v) is 9.27. The summed E-state index contributed by atoms with van der Waals surface area (Å²) < 4.78 is 0. The second-order valence-corrected chi connectivity index (χ2v) is 7.26. The summed E-state index contributed by atoms with van der Waals surface area (Å²) in [7, 11) is 0. The summed E-state index contributed by atoms with van der Waals surface area (Å²) in [6, 6.07) is 0. The monoisotopic (exact) mass is 320 g/mol. The van der Waals surface area contributed by atoms with Gasteiger partial charge in [-0.2, -0.15) is 0 Å². The molecule has 6 heteroatoms. The Balaban J connectivity index is 1.56. The Bertz CT molecular complexity index is 490. The summed E-state index contributed by atoms with van der Waals surface area (Å²) >= 11 is 1.94. The molecule has 5 nitrogen and oxygen atoms in total. The van der Waals surface area contributed by atoms with Gasteiger partial charge in [0.2, 0.25) is 5.91 Å². The number of aromatic nitrogens is 2. The fraction of sp³-hybridized carbons (Fsp3) is 0.688. The van der Waals surface area contributed by atoms with Crippen LogP contribution < -0.4 is 4.90 Å². The topological polar surface area (TPSA) is 49.3 Å². The maximum atomic E-state index is 12.8. The minimum atomic E-state index is 0.186. The van der Waals surface area contributed by atoms with Crippen LogP contribution in [0.5, 0.6) is 0 Å². The van der Waals surface area contributed by atoms with Gasteiger partial charge in [0.05, 0.1) is 11.6 Å². The van der Waals surface area contributed by atoms with E-state index in [0.29, 0.717) is 11.3 Å². The number of hydrogen-bond donors (Lipinski definition) is 0. The van der Waals surface area contributed by atoms with E-state index in [1.807, 2.05) is 11.8 Å². The summed E-state index contributed by atoms with van der Waals surface area (Å²) in [5.41, 5.74) is 0. The molecule has 0 aliphatic carbocycles. The molecule has 0 spiro atoms. The van der Waals surface area contributed by atoms with Gasteiger partial charge in [-0.15, -0.1) is 11.8 Å². The van der Waals surface area contributed by atoms with Crippen molar-refractivity contribution in [3.05, 3.63) is 18.6 Å². The molecule has 3 heterocycles. The second-order valence-electron chi connectivity index (χ2n) is 5.97. The molecule has 1 aromatic rings. The molecule has 2 fully saturated rings. The number of amides is 1. The van der Waals surface area contributed by atoms with Gasteiger partial charge in [0, 0.05) is 43.7 Å². The van der Waals surface area contributed by atoms with Gasteiger partial charge in [-0.05, 0) is 19.3 Å². The van der Waals surface area contributed by atoms with E-state index in [1.165, 1.54) is 0 Å². The number of thioether (sulfide) groups is 1. The van der Waals surface area contributed by atoms with Gasteiger partial charge in [0.1, 0.15) is 5.82 Å². The molecule has 120 valence electrons. The lowest BCUT2D eigenvalue weighted by atomic mass is 9.95. The predicted octanol–water partition coefficient (Wildman–Crippen LogP) is 2.39. The Kier molecular flexibility index (Phi) is 5.18. The summed E-state index contributed by atoms with van der Waals surface area (Å²) in [5.74, 6) is 2.58. The minimum absolute atomic E-state index is 0.186. The summed E-state index contributed by atoms with van der Waals surface area (Å²) in [4.78, 5) is 25.6. The highest BCUT2D eigenvalue weighted by molar-refractivity contribution is 8.00. The van der Waals surface area contributed by atoms with Crippen LogP contribution in [0.1, 0.15) is 32.6 Å². The standard InChI is InChI=1S/C16H24N4OS/c1-2-3-15-20(10-11-22-15)16(21)13-4-8-19(9-5-13)14-12-17-6-7-18-14/h6-7,12-13,15H,2-5,8-11H2,1H3/t15-/m1/s1. The highest BCUT2D eigenvalue weighted by Crippen LogP contribution is 2.31. The molecular weight excluding hydrogens is 296 g/mol. The Morgan fingerprint density at radius 1 is 1.32 bits per heavy atom. The van der Waals surface area contributed by atoms with E-state index in [4.69, 9.17) is 0 Å². The fourth-order valence-corrected chi connectivity index (χ4v) is 4.67. The summed E-state index contributed by atoms with van der Waals surface area (Å²) in [5, 5.41) is 0.413. The van der Waals surface area contributed by atoms with Gasteiger partial charge in [0.15, 0.2) is 0 Å². The average molecular weight is 320 g/mol. The van der Waals surface area contributed by atoms with Gasteiger partial charge in [0.25, 0.3) is 0 Å². The Morgan fingerprint density at radius 2 is 2.14 bits per heavy atom. The average Bonchev–Trinajstić information content (AvgIpc) is 3.04. The van der Waals surface area contributed by atoms with Crippen LogP contribution in [0.25, 0.3) is 0 Å². The first-order chi connectivity index (χ1) is 10.8. The van der Waals surface area contributed by atoms with Gasteiger partial charge < -0.3 is 9.80 Å². The van der Waals surface area contributed by atoms with Crippen molar-refractivity contribution in [1.82, 2.24) is 14.9 Å². The number of piperidine rings is 1. The van der Waals surface area contributed by atoms with Gasteiger partial charge in [-0.1, -0.05) is 13.3 Å². The van der Waals surface area contributed by atoms with E-state index >= 15 is 0 Å². The first-order valence-electron chi connectivity index (χ1n) is 8.22. The zero-order valence-corrected chi connectivity index (χ0v) is 14.0. The van der Waals surface area contributed by atoms with Crippen molar-refractivity contribution < 1.29 is 4.79 Å². The van der Waals surface area contributed by atoms with Crippen molar-refractivity contribution in [2.75, 3.05) is 30.3 Å². The Hall–Kier alpha value is -1.30. The number of carbonyl (C=O) groups is 1. The third-order valence-electron chi connectivity index (χ3n) is 4.53. The number of nitrogens with zero attached hydrogens (tertiary/aromatic N) is 4. The van der Waals surface area contributed by atoms with Crippen LogP contribution in [0.2, 0.25) is 0 Å². The van der Waals surface area contributed by atoms with E-state index in [1.54, 1.807) is 18.6 Å². The number of hydrogen-bond acceptors (Lipinski definition) is 5. The number of carbonyl (C=O) groups excluding carboxylic acids is 1. The molecule has 0 saturated carbocycles. The lowest BCUT2D eigenvalue weighted by Crippen LogP contribution is -2.44. The van der Waals surface area contributed by atoms with E-state index in [2.05, 4.69) is 26.7 Å². The van der Waals surface area contributed by atoms with Gasteiger partial charge in [-0.25, -0.2) is 4.98 Å². The number of rotatable bonds is 4. The van der Waals surface area contributed by atoms with Crippen molar-refractivity contribution >= 4 is 23.5 Å². The lowest BCUT2D eigenvalue weighted by molar-refractivity contribution is -0.136. The Labute approximate surface area is 136 Å². The zero-order chi connectivity index (χ0) is 15.4. The molecule has 1 aromatic heterocycles. The summed E-state index contributed by atoms with van der Waals surface area (Å²) in [6.45, 7) is 4.92. The van der Waals surface area contributed by atoms with Crippen molar-refractivity contribution in [1.29, 1.82) is 0 Å². The van der Waals surface area contributed by atoms with Crippen LogP contribution in [0.15, 0.2) is 18.6 Å². The van der Waals surface area contributed by atoms with Crippen molar-refractivity contribution in [3.63, 3.8) is 0 Å². The molecule has 1 atom stereocenters. The SMILES string of the molecule is CCC[C@H]1SCCN1C(=O)C1CCN(c2cnccn2)CC1. The minimum Gasteiger partial charge on any atom is -0.355 e. The molecular formula is C16H24N4OS. The van der Waals surface area contributed by atoms with Crippen molar-refractivity contribution in [2.45, 2.75) is 38.0 Å². The maximum Gasteiger partial charge on any atom is 0.226 e. The van der Waals surface area contributed by atoms with Crippen LogP contribution in [-0.2, 0) is 4.79 Å². The maximum absolute atomic E-state index is 12.8. The normalized spacial score (nSPS) is 23.0. The van der Waals surface area contributed by atoms with Gasteiger partial charge >= 0.3 is 0 Å². The second kappa shape index (κ2) is 7.31. The van der Waals surface area contributed by atoms with E-state index < -0.39 is 0 Å². The zero-order valence-electron chi connectivity index (χ0n) is 13.1. The molecule has 0 bridgehead atoms. The van der Waals surface area contributed by atoms with Crippen LogP contribution in [-0.4, -0.2) is 51.5 Å². The van der Waals surface area contributed by atoms with Crippen LogP contribution in [0.3, 0.4) is 0 Å². The molecule has 2 saturated heterocycles. The third-order valence-corrected chi connectivity index (χ3v) is 5.82. The molecule has 2 aliphatic heterocycles. The molecule has 0 unspecified atom stereocenters. The largest absolute Gasteiger partial charge is 0.355 e. The first kappa shape index (κ1) is 15.6. The van der Waals surface area contributed by atoms with Crippen LogP contribution in [0, 0.1) is 5.92 Å². The third kappa shape index (κ3) is 3.37. The van der Waals surface area contributed by atoms with Crippen LogP contribution >= 0.6 is 11.8 Å². The highest BCUT2D eigenvalue weighted by atomic mass is 32.2. The lowest BCUT2D eigenvalue weighted by Gasteiger charge is -2.35. The van der Waals surface area contributed by atoms with E-state index in [0.717, 1.165) is 56.9 Å². The van der Waals surface area contributed by atoms with Crippen molar-refractivity contribution in [2.24, 2.45) is 5.92 Å². The molecule has 2 aliphatic rings. The van der Waals surface area contributed by atoms with Gasteiger partial charge in [-0.3, -0.25) is 9.78 Å². The van der Waals surface area contributed by atoms with E-state index in [9.17, 15) is 4.79 Å². The molecule has 0 N–H and O–H groups in total. The molecule has 1 amide bonds.